The predicted molar refractivity (Wildman–Crippen MR) is 60.7 cm³/mol. The van der Waals surface area contributed by atoms with E-state index in [0.29, 0.717) is 0 Å². The van der Waals surface area contributed by atoms with Crippen molar-refractivity contribution in [2.45, 2.75) is 26.3 Å². The molecule has 0 bridgehead atoms. The highest BCUT2D eigenvalue weighted by molar-refractivity contribution is 5.54. The summed E-state index contributed by atoms with van der Waals surface area (Å²) in [5, 5.41) is 9.27. The Balaban J connectivity index is 3.00. The van der Waals surface area contributed by atoms with E-state index in [0.717, 1.165) is 0 Å². The van der Waals surface area contributed by atoms with Crippen LogP contribution in [0.3, 0.4) is 0 Å². The fourth-order valence-corrected chi connectivity index (χ4v) is 1.37. The Morgan fingerprint density at radius 2 is 1.86 bits per heavy atom. The second-order valence-electron chi connectivity index (χ2n) is 4.32. The summed E-state index contributed by atoms with van der Waals surface area (Å²) in [5.74, 6) is 0. The first-order valence-electron chi connectivity index (χ1n) is 4.89. The van der Waals surface area contributed by atoms with Gasteiger partial charge in [-0.25, -0.2) is 0 Å². The minimum Gasteiger partial charge on any atom is -0.394 e. The molecule has 2 heteroatoms. The smallest absolute Gasteiger partial charge is 0.0658 e. The highest BCUT2D eigenvalue weighted by atomic mass is 16.3. The van der Waals surface area contributed by atoms with Gasteiger partial charge in [-0.05, 0) is 32.4 Å². The zero-order valence-corrected chi connectivity index (χ0v) is 9.41. The van der Waals surface area contributed by atoms with Gasteiger partial charge in [0.15, 0.2) is 0 Å². The molecule has 1 aromatic carbocycles. The van der Waals surface area contributed by atoms with Crippen molar-refractivity contribution in [3.63, 3.8) is 0 Å². The van der Waals surface area contributed by atoms with Gasteiger partial charge in [-0.3, -0.25) is 0 Å². The molecule has 2 nitrogen and oxygen atoms in total. The molecule has 0 aliphatic heterocycles. The molecule has 1 N–H and O–H groups in total. The van der Waals surface area contributed by atoms with E-state index in [1.54, 1.807) is 0 Å². The van der Waals surface area contributed by atoms with Gasteiger partial charge in [0, 0.05) is 12.7 Å². The maximum absolute atomic E-state index is 9.27. The maximum Gasteiger partial charge on any atom is 0.0658 e. The molecule has 0 heterocycles. The molecule has 0 atom stereocenters. The van der Waals surface area contributed by atoms with Gasteiger partial charge >= 0.3 is 0 Å². The number of aliphatic hydroxyl groups is 1. The first-order chi connectivity index (χ1) is 6.49. The molecule has 0 spiro atoms. The van der Waals surface area contributed by atoms with Crippen molar-refractivity contribution < 1.29 is 5.11 Å². The van der Waals surface area contributed by atoms with Crippen molar-refractivity contribution >= 4 is 5.69 Å². The monoisotopic (exact) mass is 193 g/mol. The van der Waals surface area contributed by atoms with Gasteiger partial charge in [-0.15, -0.1) is 0 Å². The fourth-order valence-electron chi connectivity index (χ4n) is 1.37. The molecule has 0 saturated heterocycles. The number of nitrogens with zero attached hydrogens (tertiary/aromatic N) is 1. The van der Waals surface area contributed by atoms with Crippen molar-refractivity contribution in [3.05, 3.63) is 29.8 Å². The molecule has 78 valence electrons. The molecule has 1 rings (SSSR count). The second kappa shape index (κ2) is 4.01. The standard InChI is InChI=1S/C12H19NO/c1-10-7-5-6-8-11(10)13(4)12(2,3)9-14/h5-8,14H,9H2,1-4H3. The first-order valence-corrected chi connectivity index (χ1v) is 4.89. The fraction of sp³-hybridized carbons (Fsp3) is 0.500. The molecule has 1 aromatic rings. The minimum atomic E-state index is -0.216. The van der Waals surface area contributed by atoms with Crippen LogP contribution < -0.4 is 4.90 Å². The summed E-state index contributed by atoms with van der Waals surface area (Å²) in [4.78, 5) is 2.11. The number of hydrogen-bond donors (Lipinski definition) is 1. The Hall–Kier alpha value is -1.02. The van der Waals surface area contributed by atoms with Gasteiger partial charge in [-0.1, -0.05) is 18.2 Å². The molecule has 0 amide bonds. The Morgan fingerprint density at radius 3 is 2.36 bits per heavy atom. The van der Waals surface area contributed by atoms with E-state index in [9.17, 15) is 5.11 Å². The highest BCUT2D eigenvalue weighted by Crippen LogP contribution is 2.24. The molecular weight excluding hydrogens is 174 g/mol. The third kappa shape index (κ3) is 2.07. The van der Waals surface area contributed by atoms with E-state index >= 15 is 0 Å². The number of para-hydroxylation sites is 1. The topological polar surface area (TPSA) is 23.5 Å². The van der Waals surface area contributed by atoms with E-state index in [4.69, 9.17) is 0 Å². The van der Waals surface area contributed by atoms with E-state index in [1.807, 2.05) is 33.0 Å². The lowest BCUT2D eigenvalue weighted by molar-refractivity contribution is 0.216. The van der Waals surface area contributed by atoms with Crippen LogP contribution in [0.2, 0.25) is 0 Å². The predicted octanol–water partition coefficient (Wildman–Crippen LogP) is 2.20. The highest BCUT2D eigenvalue weighted by Gasteiger charge is 2.23. The molecule has 0 aliphatic rings. The van der Waals surface area contributed by atoms with Crippen molar-refractivity contribution in [2.24, 2.45) is 0 Å². The molecule has 0 radical (unpaired) electrons. The summed E-state index contributed by atoms with van der Waals surface area (Å²) in [6, 6.07) is 8.21. The zero-order chi connectivity index (χ0) is 10.8. The van der Waals surface area contributed by atoms with E-state index in [1.165, 1.54) is 11.3 Å². The lowest BCUT2D eigenvalue weighted by Gasteiger charge is -2.36. The number of aliphatic hydroxyl groups excluding tert-OH is 1. The third-order valence-corrected chi connectivity index (χ3v) is 2.77. The number of hydrogen-bond acceptors (Lipinski definition) is 2. The van der Waals surface area contributed by atoms with Gasteiger partial charge in [0.25, 0.3) is 0 Å². The molecule has 0 aromatic heterocycles. The zero-order valence-electron chi connectivity index (χ0n) is 9.41. The SMILES string of the molecule is Cc1ccccc1N(C)C(C)(C)CO. The van der Waals surface area contributed by atoms with Gasteiger partial charge < -0.3 is 10.0 Å². The quantitative estimate of drug-likeness (QED) is 0.795. The summed E-state index contributed by atoms with van der Waals surface area (Å²) >= 11 is 0. The van der Waals surface area contributed by atoms with E-state index in [-0.39, 0.29) is 12.1 Å². The number of likely N-dealkylation sites (N-methyl/N-ethyl adjacent to an activating group) is 1. The molecular formula is C12H19NO. The van der Waals surface area contributed by atoms with Crippen LogP contribution >= 0.6 is 0 Å². The van der Waals surface area contributed by atoms with Crippen molar-refractivity contribution in [1.82, 2.24) is 0 Å². The summed E-state index contributed by atoms with van der Waals surface area (Å²) < 4.78 is 0. The Morgan fingerprint density at radius 1 is 1.29 bits per heavy atom. The Bertz CT molecular complexity index is 307. The number of anilines is 1. The maximum atomic E-state index is 9.27. The van der Waals surface area contributed by atoms with Gasteiger partial charge in [0.1, 0.15) is 0 Å². The van der Waals surface area contributed by atoms with Gasteiger partial charge in [0.05, 0.1) is 12.1 Å². The van der Waals surface area contributed by atoms with E-state index < -0.39 is 0 Å². The average Bonchev–Trinajstić information content (AvgIpc) is 2.17. The normalized spacial score (nSPS) is 11.5. The molecule has 0 unspecified atom stereocenters. The minimum absolute atomic E-state index is 0.151. The largest absolute Gasteiger partial charge is 0.394 e. The van der Waals surface area contributed by atoms with Crippen LogP contribution in [0.4, 0.5) is 5.69 Å². The summed E-state index contributed by atoms with van der Waals surface area (Å²) in [7, 11) is 2.01. The summed E-state index contributed by atoms with van der Waals surface area (Å²) in [5.41, 5.74) is 2.19. The lowest BCUT2D eigenvalue weighted by Crippen LogP contribution is -2.44. The Labute approximate surface area is 86.2 Å². The average molecular weight is 193 g/mol. The third-order valence-electron chi connectivity index (χ3n) is 2.77. The number of benzene rings is 1. The van der Waals surface area contributed by atoms with Crippen molar-refractivity contribution in [1.29, 1.82) is 0 Å². The number of rotatable bonds is 3. The second-order valence-corrected chi connectivity index (χ2v) is 4.32. The molecule has 0 aliphatic carbocycles. The van der Waals surface area contributed by atoms with Crippen molar-refractivity contribution in [3.8, 4) is 0 Å². The number of aryl methyl sites for hydroxylation is 1. The Kier molecular flexibility index (Phi) is 3.17. The van der Waals surface area contributed by atoms with Crippen LogP contribution in [-0.4, -0.2) is 24.3 Å². The molecule has 14 heavy (non-hydrogen) atoms. The summed E-state index contributed by atoms with van der Waals surface area (Å²) in [6.07, 6.45) is 0. The first kappa shape index (κ1) is 11.1. The summed E-state index contributed by atoms with van der Waals surface area (Å²) in [6.45, 7) is 6.29. The van der Waals surface area contributed by atoms with Crippen LogP contribution in [0, 0.1) is 6.92 Å². The van der Waals surface area contributed by atoms with Crippen LogP contribution in [0.5, 0.6) is 0 Å². The molecule has 0 saturated carbocycles. The molecule has 0 fully saturated rings. The van der Waals surface area contributed by atoms with Crippen LogP contribution in [0.15, 0.2) is 24.3 Å². The van der Waals surface area contributed by atoms with Gasteiger partial charge in [0.2, 0.25) is 0 Å². The van der Waals surface area contributed by atoms with Crippen LogP contribution in [0.25, 0.3) is 0 Å². The van der Waals surface area contributed by atoms with Gasteiger partial charge in [-0.2, -0.15) is 0 Å². The van der Waals surface area contributed by atoms with Crippen molar-refractivity contribution in [2.75, 3.05) is 18.6 Å². The van der Waals surface area contributed by atoms with Crippen LogP contribution in [-0.2, 0) is 0 Å². The lowest BCUT2D eigenvalue weighted by atomic mass is 10.0. The van der Waals surface area contributed by atoms with Crippen LogP contribution in [0.1, 0.15) is 19.4 Å². The van der Waals surface area contributed by atoms with E-state index in [2.05, 4.69) is 24.0 Å².